The van der Waals surface area contributed by atoms with Crippen molar-refractivity contribution < 1.29 is 9.18 Å². The van der Waals surface area contributed by atoms with Crippen LogP contribution in [0.4, 0.5) is 4.39 Å². The number of aromatic nitrogens is 3. The fraction of sp³-hybridized carbons (Fsp3) is 0.400. The Labute approximate surface area is 133 Å². The second-order valence-corrected chi connectivity index (χ2v) is 6.53. The summed E-state index contributed by atoms with van der Waals surface area (Å²) in [5.41, 5.74) is 0.859. The monoisotopic (exact) mass is 322 g/mol. The van der Waals surface area contributed by atoms with Gasteiger partial charge in [-0.1, -0.05) is 23.9 Å². The van der Waals surface area contributed by atoms with E-state index in [0.717, 1.165) is 10.7 Å². The molecule has 0 bridgehead atoms. The van der Waals surface area contributed by atoms with Crippen LogP contribution in [0.15, 0.2) is 35.7 Å². The molecule has 7 heteroatoms. The molecular formula is C15H19FN4OS. The molecule has 2 aromatic rings. The summed E-state index contributed by atoms with van der Waals surface area (Å²) in [6.45, 7) is 6.27. The minimum absolute atomic E-state index is 0.0902. The van der Waals surface area contributed by atoms with Crippen LogP contribution < -0.4 is 5.32 Å². The summed E-state index contributed by atoms with van der Waals surface area (Å²) in [6.07, 6.45) is 1.66. The van der Waals surface area contributed by atoms with Crippen molar-refractivity contribution in [2.24, 2.45) is 0 Å². The SMILES string of the molecule is CC(C)n1cnnc1S[C@H](C)C(=O)NCc1ccc(F)cc1. The van der Waals surface area contributed by atoms with Gasteiger partial charge in [0, 0.05) is 12.6 Å². The van der Waals surface area contributed by atoms with E-state index in [-0.39, 0.29) is 23.0 Å². The van der Waals surface area contributed by atoms with E-state index in [1.54, 1.807) is 18.5 Å². The van der Waals surface area contributed by atoms with E-state index in [0.29, 0.717) is 6.54 Å². The molecule has 1 N–H and O–H groups in total. The second kappa shape index (κ2) is 7.40. The number of amides is 1. The molecule has 0 saturated heterocycles. The van der Waals surface area contributed by atoms with Crippen LogP contribution in [-0.2, 0) is 11.3 Å². The molecule has 0 unspecified atom stereocenters. The summed E-state index contributed by atoms with van der Waals surface area (Å²) in [7, 11) is 0. The van der Waals surface area contributed by atoms with Gasteiger partial charge in [-0.05, 0) is 38.5 Å². The van der Waals surface area contributed by atoms with Gasteiger partial charge in [-0.3, -0.25) is 4.79 Å². The number of thioether (sulfide) groups is 1. The maximum absolute atomic E-state index is 12.8. The first kappa shape index (κ1) is 16.5. The molecule has 118 valence electrons. The van der Waals surface area contributed by atoms with Crippen LogP contribution in [0.25, 0.3) is 0 Å². The Hall–Kier alpha value is -1.89. The van der Waals surface area contributed by atoms with Gasteiger partial charge in [0.25, 0.3) is 0 Å². The largest absolute Gasteiger partial charge is 0.351 e. The Morgan fingerprint density at radius 3 is 2.64 bits per heavy atom. The molecule has 0 aliphatic heterocycles. The molecule has 5 nitrogen and oxygen atoms in total. The number of hydrogen-bond donors (Lipinski definition) is 1. The third-order valence-electron chi connectivity index (χ3n) is 3.13. The summed E-state index contributed by atoms with van der Waals surface area (Å²) >= 11 is 1.37. The Bertz CT molecular complexity index is 627. The zero-order valence-electron chi connectivity index (χ0n) is 12.8. The van der Waals surface area contributed by atoms with Crippen molar-refractivity contribution in [2.75, 3.05) is 0 Å². The van der Waals surface area contributed by atoms with Gasteiger partial charge in [-0.2, -0.15) is 0 Å². The van der Waals surface area contributed by atoms with Crippen molar-refractivity contribution in [3.63, 3.8) is 0 Å². The van der Waals surface area contributed by atoms with E-state index in [4.69, 9.17) is 0 Å². The molecule has 1 atom stereocenters. The molecule has 1 heterocycles. The Morgan fingerprint density at radius 1 is 1.32 bits per heavy atom. The summed E-state index contributed by atoms with van der Waals surface area (Å²) in [4.78, 5) is 12.1. The average molecular weight is 322 g/mol. The zero-order valence-corrected chi connectivity index (χ0v) is 13.6. The van der Waals surface area contributed by atoms with Crippen molar-refractivity contribution in [3.8, 4) is 0 Å². The Balaban J connectivity index is 1.89. The third kappa shape index (κ3) is 4.30. The molecule has 2 rings (SSSR count). The van der Waals surface area contributed by atoms with E-state index < -0.39 is 0 Å². The highest BCUT2D eigenvalue weighted by molar-refractivity contribution is 8.00. The number of rotatable bonds is 6. The number of halogens is 1. The van der Waals surface area contributed by atoms with Crippen molar-refractivity contribution in [3.05, 3.63) is 42.0 Å². The number of carbonyl (C=O) groups is 1. The van der Waals surface area contributed by atoms with E-state index in [2.05, 4.69) is 15.5 Å². The summed E-state index contributed by atoms with van der Waals surface area (Å²) < 4.78 is 14.7. The van der Waals surface area contributed by atoms with Crippen molar-refractivity contribution >= 4 is 17.7 Å². The van der Waals surface area contributed by atoms with Gasteiger partial charge in [-0.25, -0.2) is 4.39 Å². The molecule has 0 aliphatic rings. The smallest absolute Gasteiger partial charge is 0.233 e. The van der Waals surface area contributed by atoms with Crippen molar-refractivity contribution in [2.45, 2.75) is 43.8 Å². The second-order valence-electron chi connectivity index (χ2n) is 5.22. The van der Waals surface area contributed by atoms with Gasteiger partial charge in [-0.15, -0.1) is 10.2 Å². The van der Waals surface area contributed by atoms with Crippen LogP contribution in [0, 0.1) is 5.82 Å². The minimum atomic E-state index is -0.290. The molecule has 22 heavy (non-hydrogen) atoms. The Morgan fingerprint density at radius 2 is 2.00 bits per heavy atom. The lowest BCUT2D eigenvalue weighted by molar-refractivity contribution is -0.120. The fourth-order valence-electron chi connectivity index (χ4n) is 1.82. The van der Waals surface area contributed by atoms with Crippen LogP contribution in [0.5, 0.6) is 0 Å². The lowest BCUT2D eigenvalue weighted by Crippen LogP contribution is -2.30. The van der Waals surface area contributed by atoms with Gasteiger partial charge >= 0.3 is 0 Å². The molecule has 1 amide bonds. The molecular weight excluding hydrogens is 303 g/mol. The molecule has 1 aromatic carbocycles. The van der Waals surface area contributed by atoms with Crippen LogP contribution in [0.3, 0.4) is 0 Å². The molecule has 0 saturated carbocycles. The maximum Gasteiger partial charge on any atom is 0.233 e. The predicted molar refractivity (Wildman–Crippen MR) is 84.0 cm³/mol. The van der Waals surface area contributed by atoms with Crippen LogP contribution in [0.1, 0.15) is 32.4 Å². The lowest BCUT2D eigenvalue weighted by atomic mass is 10.2. The first-order chi connectivity index (χ1) is 10.5. The molecule has 0 radical (unpaired) electrons. The lowest BCUT2D eigenvalue weighted by Gasteiger charge is -2.14. The van der Waals surface area contributed by atoms with Crippen LogP contribution in [-0.4, -0.2) is 25.9 Å². The fourth-order valence-corrected chi connectivity index (χ4v) is 2.80. The standard InChI is InChI=1S/C15H19FN4OS/c1-10(2)20-9-18-19-15(20)22-11(3)14(21)17-8-12-4-6-13(16)7-5-12/h4-7,9-11H,8H2,1-3H3,(H,17,21)/t11-/m1/s1. The molecule has 0 spiro atoms. The van der Waals surface area contributed by atoms with Gasteiger partial charge in [0.15, 0.2) is 5.16 Å². The number of hydrogen-bond acceptors (Lipinski definition) is 4. The molecule has 1 aromatic heterocycles. The highest BCUT2D eigenvalue weighted by atomic mass is 32.2. The minimum Gasteiger partial charge on any atom is -0.351 e. The van der Waals surface area contributed by atoms with E-state index in [1.165, 1.54) is 23.9 Å². The van der Waals surface area contributed by atoms with Crippen LogP contribution >= 0.6 is 11.8 Å². The number of carbonyl (C=O) groups excluding carboxylic acids is 1. The highest BCUT2D eigenvalue weighted by Gasteiger charge is 2.18. The first-order valence-corrected chi connectivity index (χ1v) is 7.93. The Kier molecular flexibility index (Phi) is 5.54. The summed E-state index contributed by atoms with van der Waals surface area (Å²) in [5.74, 6) is -0.375. The quantitative estimate of drug-likeness (QED) is 0.831. The number of nitrogens with one attached hydrogen (secondary N) is 1. The topological polar surface area (TPSA) is 59.8 Å². The van der Waals surface area contributed by atoms with Gasteiger partial charge < -0.3 is 9.88 Å². The average Bonchev–Trinajstić information content (AvgIpc) is 2.94. The normalized spacial score (nSPS) is 12.4. The highest BCUT2D eigenvalue weighted by Crippen LogP contribution is 2.23. The van der Waals surface area contributed by atoms with Crippen molar-refractivity contribution in [1.82, 2.24) is 20.1 Å². The zero-order chi connectivity index (χ0) is 16.1. The van der Waals surface area contributed by atoms with Crippen molar-refractivity contribution in [1.29, 1.82) is 0 Å². The van der Waals surface area contributed by atoms with E-state index >= 15 is 0 Å². The third-order valence-corrected chi connectivity index (χ3v) is 4.20. The number of benzene rings is 1. The van der Waals surface area contributed by atoms with Gasteiger partial charge in [0.2, 0.25) is 5.91 Å². The van der Waals surface area contributed by atoms with Gasteiger partial charge in [0.05, 0.1) is 5.25 Å². The van der Waals surface area contributed by atoms with E-state index in [1.807, 2.05) is 25.3 Å². The maximum atomic E-state index is 12.8. The van der Waals surface area contributed by atoms with E-state index in [9.17, 15) is 9.18 Å². The summed E-state index contributed by atoms with van der Waals surface area (Å²) in [5, 5.41) is 11.2. The van der Waals surface area contributed by atoms with Gasteiger partial charge in [0.1, 0.15) is 12.1 Å². The summed E-state index contributed by atoms with van der Waals surface area (Å²) in [6, 6.07) is 6.31. The predicted octanol–water partition coefficient (Wildman–Crippen LogP) is 2.80. The first-order valence-electron chi connectivity index (χ1n) is 7.05. The number of nitrogens with zero attached hydrogens (tertiary/aromatic N) is 3. The van der Waals surface area contributed by atoms with Crippen LogP contribution in [0.2, 0.25) is 0 Å². The molecule has 0 fully saturated rings. The molecule has 0 aliphatic carbocycles.